The van der Waals surface area contributed by atoms with E-state index in [1.807, 2.05) is 60.7 Å². The van der Waals surface area contributed by atoms with Crippen LogP contribution < -0.4 is 9.64 Å². The molecule has 0 aliphatic carbocycles. The Balaban J connectivity index is 2.16. The van der Waals surface area contributed by atoms with Gasteiger partial charge >= 0.3 is 0 Å². The molecule has 25 heavy (non-hydrogen) atoms. The fourth-order valence-corrected chi connectivity index (χ4v) is 2.73. The SMILES string of the molecule is C=CCN(CC=C)c1nc(-c2ccc(OC)cc2)nc2ccccc12. The molecule has 4 nitrogen and oxygen atoms in total. The summed E-state index contributed by atoms with van der Waals surface area (Å²) >= 11 is 0. The zero-order chi connectivity index (χ0) is 17.6. The molecule has 3 rings (SSSR count). The van der Waals surface area contributed by atoms with Crippen molar-refractivity contribution in [3.63, 3.8) is 0 Å². The maximum absolute atomic E-state index is 5.23. The van der Waals surface area contributed by atoms with Gasteiger partial charge in [-0.2, -0.15) is 0 Å². The number of fused-ring (bicyclic) bond motifs is 1. The number of aromatic nitrogens is 2. The van der Waals surface area contributed by atoms with Gasteiger partial charge in [0.05, 0.1) is 12.6 Å². The smallest absolute Gasteiger partial charge is 0.162 e. The van der Waals surface area contributed by atoms with Crippen molar-refractivity contribution in [3.8, 4) is 17.1 Å². The monoisotopic (exact) mass is 331 g/mol. The van der Waals surface area contributed by atoms with Crippen molar-refractivity contribution in [2.45, 2.75) is 0 Å². The second kappa shape index (κ2) is 7.62. The van der Waals surface area contributed by atoms with E-state index in [-0.39, 0.29) is 0 Å². The van der Waals surface area contributed by atoms with Crippen molar-refractivity contribution < 1.29 is 4.74 Å². The molecule has 0 atom stereocenters. The molecule has 1 heterocycles. The van der Waals surface area contributed by atoms with Gasteiger partial charge in [0.2, 0.25) is 0 Å². The molecule has 0 radical (unpaired) electrons. The van der Waals surface area contributed by atoms with E-state index >= 15 is 0 Å². The molecule has 0 aliphatic heterocycles. The summed E-state index contributed by atoms with van der Waals surface area (Å²) in [5, 5.41) is 1.02. The summed E-state index contributed by atoms with van der Waals surface area (Å²) in [6.45, 7) is 9.09. The van der Waals surface area contributed by atoms with Gasteiger partial charge in [0.15, 0.2) is 5.82 Å². The Labute approximate surface area is 148 Å². The van der Waals surface area contributed by atoms with Crippen LogP contribution in [0.5, 0.6) is 5.75 Å². The van der Waals surface area contributed by atoms with E-state index in [4.69, 9.17) is 14.7 Å². The van der Waals surface area contributed by atoms with Gasteiger partial charge in [-0.25, -0.2) is 9.97 Å². The van der Waals surface area contributed by atoms with E-state index in [2.05, 4.69) is 18.1 Å². The number of benzene rings is 2. The first kappa shape index (κ1) is 16.7. The van der Waals surface area contributed by atoms with Gasteiger partial charge in [-0.3, -0.25) is 0 Å². The number of anilines is 1. The Morgan fingerprint density at radius 3 is 2.28 bits per heavy atom. The van der Waals surface area contributed by atoms with Crippen LogP contribution in [0.4, 0.5) is 5.82 Å². The number of nitrogens with zero attached hydrogens (tertiary/aromatic N) is 3. The molecule has 3 aromatic rings. The van der Waals surface area contributed by atoms with Crippen LogP contribution in [0.1, 0.15) is 0 Å². The van der Waals surface area contributed by atoms with Crippen LogP contribution in [-0.2, 0) is 0 Å². The standard InChI is InChI=1S/C21H21N3O/c1-4-14-24(15-5-2)21-18-8-6-7-9-19(18)22-20(23-21)16-10-12-17(25-3)13-11-16/h4-13H,1-2,14-15H2,3H3. The Kier molecular flexibility index (Phi) is 5.09. The molecule has 0 spiro atoms. The molecule has 0 bridgehead atoms. The van der Waals surface area contributed by atoms with E-state index in [0.29, 0.717) is 18.9 Å². The quantitative estimate of drug-likeness (QED) is 0.598. The van der Waals surface area contributed by atoms with E-state index in [1.54, 1.807) is 7.11 Å². The van der Waals surface area contributed by atoms with Crippen LogP contribution in [0.25, 0.3) is 22.3 Å². The average Bonchev–Trinajstić information content (AvgIpc) is 2.67. The summed E-state index contributed by atoms with van der Waals surface area (Å²) in [5.41, 5.74) is 1.86. The number of methoxy groups -OCH3 is 1. The van der Waals surface area contributed by atoms with Gasteiger partial charge in [-0.15, -0.1) is 13.2 Å². The zero-order valence-corrected chi connectivity index (χ0v) is 14.4. The summed E-state index contributed by atoms with van der Waals surface area (Å²) in [4.78, 5) is 11.7. The topological polar surface area (TPSA) is 38.2 Å². The Bertz CT molecular complexity index is 877. The van der Waals surface area contributed by atoms with E-state index in [9.17, 15) is 0 Å². The maximum Gasteiger partial charge on any atom is 0.162 e. The highest BCUT2D eigenvalue weighted by Crippen LogP contribution is 2.28. The first-order valence-electron chi connectivity index (χ1n) is 8.14. The van der Waals surface area contributed by atoms with Crippen LogP contribution in [0, 0.1) is 0 Å². The lowest BCUT2D eigenvalue weighted by atomic mass is 10.1. The largest absolute Gasteiger partial charge is 0.497 e. The lowest BCUT2D eigenvalue weighted by Gasteiger charge is -2.22. The summed E-state index contributed by atoms with van der Waals surface area (Å²) in [6, 6.07) is 15.8. The number of para-hydroxylation sites is 1. The van der Waals surface area contributed by atoms with Crippen LogP contribution in [0.3, 0.4) is 0 Å². The molecule has 0 saturated carbocycles. The van der Waals surface area contributed by atoms with Crippen molar-refractivity contribution in [1.29, 1.82) is 0 Å². The Morgan fingerprint density at radius 2 is 1.64 bits per heavy atom. The second-order valence-electron chi connectivity index (χ2n) is 5.60. The van der Waals surface area contributed by atoms with Gasteiger partial charge in [-0.1, -0.05) is 24.3 Å². The number of rotatable bonds is 7. The van der Waals surface area contributed by atoms with Crippen LogP contribution in [-0.4, -0.2) is 30.2 Å². The fraction of sp³-hybridized carbons (Fsp3) is 0.143. The molecule has 0 fully saturated rings. The molecule has 1 aromatic heterocycles. The number of hydrogen-bond acceptors (Lipinski definition) is 4. The molecule has 0 aliphatic rings. The summed E-state index contributed by atoms with van der Waals surface area (Å²) in [5.74, 6) is 2.38. The lowest BCUT2D eigenvalue weighted by Crippen LogP contribution is -2.24. The predicted molar refractivity (Wildman–Crippen MR) is 104 cm³/mol. The lowest BCUT2D eigenvalue weighted by molar-refractivity contribution is 0.415. The summed E-state index contributed by atoms with van der Waals surface area (Å²) in [7, 11) is 1.65. The normalized spacial score (nSPS) is 10.4. The molecule has 4 heteroatoms. The molecule has 0 amide bonds. The minimum atomic E-state index is 0.689. The van der Waals surface area contributed by atoms with Crippen LogP contribution >= 0.6 is 0 Å². The molecule has 0 unspecified atom stereocenters. The zero-order valence-electron chi connectivity index (χ0n) is 14.4. The highest BCUT2D eigenvalue weighted by molar-refractivity contribution is 5.91. The van der Waals surface area contributed by atoms with Crippen molar-refractivity contribution in [2.75, 3.05) is 25.1 Å². The minimum Gasteiger partial charge on any atom is -0.497 e. The molecular formula is C21H21N3O. The summed E-state index contributed by atoms with van der Waals surface area (Å²) < 4.78 is 5.23. The van der Waals surface area contributed by atoms with Gasteiger partial charge in [0, 0.05) is 24.0 Å². The highest BCUT2D eigenvalue weighted by atomic mass is 16.5. The van der Waals surface area contributed by atoms with E-state index < -0.39 is 0 Å². The summed E-state index contributed by atoms with van der Waals surface area (Å²) in [6.07, 6.45) is 3.74. The molecule has 0 saturated heterocycles. The molecule has 0 N–H and O–H groups in total. The number of hydrogen-bond donors (Lipinski definition) is 0. The highest BCUT2D eigenvalue weighted by Gasteiger charge is 2.14. The van der Waals surface area contributed by atoms with Crippen molar-refractivity contribution >= 4 is 16.7 Å². The first-order valence-corrected chi connectivity index (χ1v) is 8.14. The van der Waals surface area contributed by atoms with E-state index in [0.717, 1.165) is 28.0 Å². The predicted octanol–water partition coefficient (Wildman–Crippen LogP) is 4.48. The molecular weight excluding hydrogens is 310 g/mol. The molecule has 2 aromatic carbocycles. The average molecular weight is 331 g/mol. The Hall–Kier alpha value is -3.14. The first-order chi connectivity index (χ1) is 12.3. The number of ether oxygens (including phenoxy) is 1. The van der Waals surface area contributed by atoms with Crippen molar-refractivity contribution in [1.82, 2.24) is 9.97 Å². The molecule has 126 valence electrons. The second-order valence-corrected chi connectivity index (χ2v) is 5.60. The minimum absolute atomic E-state index is 0.689. The maximum atomic E-state index is 5.23. The van der Waals surface area contributed by atoms with Gasteiger partial charge in [0.25, 0.3) is 0 Å². The van der Waals surface area contributed by atoms with Gasteiger partial charge in [0.1, 0.15) is 11.6 Å². The van der Waals surface area contributed by atoms with Gasteiger partial charge in [-0.05, 0) is 36.4 Å². The van der Waals surface area contributed by atoms with Crippen LogP contribution in [0.15, 0.2) is 73.8 Å². The third-order valence-corrected chi connectivity index (χ3v) is 3.93. The van der Waals surface area contributed by atoms with Gasteiger partial charge < -0.3 is 9.64 Å². The fourth-order valence-electron chi connectivity index (χ4n) is 2.73. The van der Waals surface area contributed by atoms with Crippen molar-refractivity contribution in [2.24, 2.45) is 0 Å². The third kappa shape index (κ3) is 3.53. The van der Waals surface area contributed by atoms with Crippen LogP contribution in [0.2, 0.25) is 0 Å². The Morgan fingerprint density at radius 1 is 0.960 bits per heavy atom. The third-order valence-electron chi connectivity index (χ3n) is 3.93. The van der Waals surface area contributed by atoms with Crippen molar-refractivity contribution in [3.05, 3.63) is 73.8 Å². The van der Waals surface area contributed by atoms with E-state index in [1.165, 1.54) is 0 Å².